The van der Waals surface area contributed by atoms with E-state index in [1.54, 1.807) is 0 Å². The number of nitrogens with zero attached hydrogens (tertiary/aromatic N) is 2. The molecule has 2 heterocycles. The zero-order chi connectivity index (χ0) is 14.9. The molecule has 4 heteroatoms. The predicted octanol–water partition coefficient (Wildman–Crippen LogP) is 2.14. The molecule has 124 valence electrons. The molecule has 4 rings (SSSR count). The summed E-state index contributed by atoms with van der Waals surface area (Å²) in [5.74, 6) is 2.32. The van der Waals surface area contributed by atoms with Crippen LogP contribution in [0.5, 0.6) is 0 Å². The normalized spacial score (nSPS) is 38.3. The van der Waals surface area contributed by atoms with Crippen molar-refractivity contribution < 1.29 is 9.53 Å². The van der Waals surface area contributed by atoms with Crippen LogP contribution in [0.25, 0.3) is 0 Å². The summed E-state index contributed by atoms with van der Waals surface area (Å²) in [5.41, 5.74) is 0. The fraction of sp³-hybridized carbons (Fsp3) is 0.944. The van der Waals surface area contributed by atoms with Gasteiger partial charge in [0, 0.05) is 25.6 Å². The second-order valence-corrected chi connectivity index (χ2v) is 7.75. The SMILES string of the molecule is O=C(C1[C@@H]2CCC[C@@H]12)N1CC[C@H](OCCN2CCCCC2)C1. The maximum absolute atomic E-state index is 12.6. The van der Waals surface area contributed by atoms with Gasteiger partial charge >= 0.3 is 0 Å². The van der Waals surface area contributed by atoms with Gasteiger partial charge in [0.1, 0.15) is 0 Å². The van der Waals surface area contributed by atoms with Crippen LogP contribution in [0.2, 0.25) is 0 Å². The van der Waals surface area contributed by atoms with Gasteiger partial charge in [0.15, 0.2) is 0 Å². The van der Waals surface area contributed by atoms with Crippen LogP contribution in [-0.2, 0) is 9.53 Å². The van der Waals surface area contributed by atoms with E-state index < -0.39 is 0 Å². The third-order valence-electron chi connectivity index (χ3n) is 6.36. The van der Waals surface area contributed by atoms with Crippen molar-refractivity contribution in [2.75, 3.05) is 39.3 Å². The van der Waals surface area contributed by atoms with Gasteiger partial charge in [0.05, 0.1) is 12.7 Å². The van der Waals surface area contributed by atoms with Gasteiger partial charge in [0.2, 0.25) is 5.91 Å². The van der Waals surface area contributed by atoms with Crippen LogP contribution in [0.15, 0.2) is 0 Å². The van der Waals surface area contributed by atoms with Crippen molar-refractivity contribution in [2.45, 2.75) is 51.0 Å². The van der Waals surface area contributed by atoms with Gasteiger partial charge in [-0.25, -0.2) is 0 Å². The molecule has 0 N–H and O–H groups in total. The molecule has 4 nitrogen and oxygen atoms in total. The number of carbonyl (C=O) groups excluding carboxylic acids is 1. The van der Waals surface area contributed by atoms with Crippen molar-refractivity contribution in [3.63, 3.8) is 0 Å². The second-order valence-electron chi connectivity index (χ2n) is 7.75. The molecule has 4 aliphatic rings. The Balaban J connectivity index is 1.16. The van der Waals surface area contributed by atoms with E-state index in [9.17, 15) is 4.79 Å². The molecule has 4 fully saturated rings. The summed E-state index contributed by atoms with van der Waals surface area (Å²) in [6, 6.07) is 0. The van der Waals surface area contributed by atoms with E-state index >= 15 is 0 Å². The molecule has 0 radical (unpaired) electrons. The van der Waals surface area contributed by atoms with E-state index in [0.717, 1.165) is 44.5 Å². The van der Waals surface area contributed by atoms with Crippen molar-refractivity contribution in [3.8, 4) is 0 Å². The largest absolute Gasteiger partial charge is 0.375 e. The number of ether oxygens (including phenoxy) is 1. The number of carbonyl (C=O) groups is 1. The summed E-state index contributed by atoms with van der Waals surface area (Å²) in [5, 5.41) is 0. The number of piperidine rings is 1. The molecule has 22 heavy (non-hydrogen) atoms. The molecule has 1 amide bonds. The molecule has 0 aromatic heterocycles. The number of hydrogen-bond donors (Lipinski definition) is 0. The smallest absolute Gasteiger partial charge is 0.226 e. The molecule has 2 aliphatic carbocycles. The minimum Gasteiger partial charge on any atom is -0.375 e. The highest BCUT2D eigenvalue weighted by atomic mass is 16.5. The van der Waals surface area contributed by atoms with Gasteiger partial charge in [-0.15, -0.1) is 0 Å². The minimum absolute atomic E-state index is 0.285. The highest BCUT2D eigenvalue weighted by Crippen LogP contribution is 2.58. The molecular weight excluding hydrogens is 276 g/mol. The van der Waals surface area contributed by atoms with Crippen LogP contribution in [0.4, 0.5) is 0 Å². The molecule has 0 bridgehead atoms. The first kappa shape index (κ1) is 14.9. The Bertz CT molecular complexity index is 398. The van der Waals surface area contributed by atoms with Crippen molar-refractivity contribution in [1.82, 2.24) is 9.80 Å². The fourth-order valence-electron chi connectivity index (χ4n) is 4.99. The summed E-state index contributed by atoms with van der Waals surface area (Å²) in [4.78, 5) is 17.2. The number of rotatable bonds is 5. The van der Waals surface area contributed by atoms with Gasteiger partial charge in [-0.2, -0.15) is 0 Å². The van der Waals surface area contributed by atoms with Crippen LogP contribution in [-0.4, -0.2) is 61.1 Å². The monoisotopic (exact) mass is 306 g/mol. The van der Waals surface area contributed by atoms with Gasteiger partial charge in [-0.3, -0.25) is 4.79 Å². The van der Waals surface area contributed by atoms with Gasteiger partial charge in [-0.1, -0.05) is 12.8 Å². The lowest BCUT2D eigenvalue weighted by Gasteiger charge is -2.26. The predicted molar refractivity (Wildman–Crippen MR) is 85.5 cm³/mol. The Morgan fingerprint density at radius 1 is 0.955 bits per heavy atom. The van der Waals surface area contributed by atoms with Crippen molar-refractivity contribution in [3.05, 3.63) is 0 Å². The number of fused-ring (bicyclic) bond motifs is 1. The third-order valence-corrected chi connectivity index (χ3v) is 6.36. The first-order valence-corrected chi connectivity index (χ1v) is 9.45. The molecule has 2 saturated carbocycles. The quantitative estimate of drug-likeness (QED) is 0.780. The lowest BCUT2D eigenvalue weighted by molar-refractivity contribution is -0.132. The Morgan fingerprint density at radius 2 is 1.73 bits per heavy atom. The highest BCUT2D eigenvalue weighted by Gasteiger charge is 2.57. The fourth-order valence-corrected chi connectivity index (χ4v) is 4.99. The van der Waals surface area contributed by atoms with Crippen LogP contribution in [0, 0.1) is 17.8 Å². The van der Waals surface area contributed by atoms with E-state index in [0.29, 0.717) is 11.8 Å². The number of amides is 1. The van der Waals surface area contributed by atoms with E-state index in [2.05, 4.69) is 9.80 Å². The standard InChI is InChI=1S/C18H30N2O2/c21-18(17-15-5-4-6-16(15)17)20-10-7-14(13-20)22-12-11-19-8-2-1-3-9-19/h14-17H,1-13H2/t14-,15+,16+/m0/s1. The Labute approximate surface area is 134 Å². The van der Waals surface area contributed by atoms with Crippen molar-refractivity contribution in [2.24, 2.45) is 17.8 Å². The van der Waals surface area contributed by atoms with Crippen LogP contribution < -0.4 is 0 Å². The first-order chi connectivity index (χ1) is 10.8. The average molecular weight is 306 g/mol. The van der Waals surface area contributed by atoms with E-state index in [-0.39, 0.29) is 6.10 Å². The summed E-state index contributed by atoms with van der Waals surface area (Å²) < 4.78 is 6.04. The molecule has 0 aromatic carbocycles. The maximum Gasteiger partial charge on any atom is 0.226 e. The Morgan fingerprint density at radius 3 is 2.50 bits per heavy atom. The first-order valence-electron chi connectivity index (χ1n) is 9.45. The van der Waals surface area contributed by atoms with E-state index in [4.69, 9.17) is 4.74 Å². The maximum atomic E-state index is 12.6. The number of hydrogen-bond acceptors (Lipinski definition) is 3. The Hall–Kier alpha value is -0.610. The second kappa shape index (κ2) is 6.48. The average Bonchev–Trinajstić information content (AvgIpc) is 2.94. The van der Waals surface area contributed by atoms with E-state index in [1.807, 2.05) is 0 Å². The lowest BCUT2D eigenvalue weighted by atomic mass is 10.1. The van der Waals surface area contributed by atoms with Crippen LogP contribution >= 0.6 is 0 Å². The molecule has 0 unspecified atom stereocenters. The summed E-state index contributed by atoms with van der Waals surface area (Å²) in [7, 11) is 0. The zero-order valence-electron chi connectivity index (χ0n) is 13.7. The third kappa shape index (κ3) is 3.05. The summed E-state index contributed by atoms with van der Waals surface area (Å²) in [6.07, 6.45) is 9.34. The minimum atomic E-state index is 0.285. The molecule has 0 aromatic rings. The highest BCUT2D eigenvalue weighted by molar-refractivity contribution is 5.82. The molecule has 0 spiro atoms. The zero-order valence-corrected chi connectivity index (χ0v) is 13.7. The summed E-state index contributed by atoms with van der Waals surface area (Å²) >= 11 is 0. The molecule has 2 saturated heterocycles. The van der Waals surface area contributed by atoms with Gasteiger partial charge in [0.25, 0.3) is 0 Å². The lowest BCUT2D eigenvalue weighted by Crippen LogP contribution is -2.35. The number of likely N-dealkylation sites (tertiary alicyclic amines) is 2. The van der Waals surface area contributed by atoms with Crippen molar-refractivity contribution in [1.29, 1.82) is 0 Å². The molecule has 3 atom stereocenters. The van der Waals surface area contributed by atoms with Gasteiger partial charge in [-0.05, 0) is 57.0 Å². The van der Waals surface area contributed by atoms with E-state index in [1.165, 1.54) is 51.6 Å². The van der Waals surface area contributed by atoms with Crippen LogP contribution in [0.1, 0.15) is 44.9 Å². The van der Waals surface area contributed by atoms with Crippen molar-refractivity contribution >= 4 is 5.91 Å². The topological polar surface area (TPSA) is 32.8 Å². The molecular formula is C18H30N2O2. The van der Waals surface area contributed by atoms with Gasteiger partial charge < -0.3 is 14.5 Å². The summed E-state index contributed by atoms with van der Waals surface area (Å²) in [6.45, 7) is 6.14. The van der Waals surface area contributed by atoms with Crippen LogP contribution in [0.3, 0.4) is 0 Å². The Kier molecular flexibility index (Phi) is 4.40. The molecule has 2 aliphatic heterocycles.